The van der Waals surface area contributed by atoms with Crippen molar-refractivity contribution in [2.75, 3.05) is 9.80 Å². The lowest BCUT2D eigenvalue weighted by molar-refractivity contribution is 0.429. The topological polar surface area (TPSA) is 34.8 Å². The molecule has 0 amide bonds. The number of anilines is 6. The lowest BCUT2D eigenvalue weighted by atomic mass is 9.32. The van der Waals surface area contributed by atoms with Crippen LogP contribution in [-0.4, -0.2) is 22.6 Å². The molecule has 0 bridgehead atoms. The number of fused-ring (bicyclic) bond motifs is 17. The molecule has 0 radical (unpaired) electrons. The average molecular weight is 943 g/mol. The third-order valence-corrected chi connectivity index (χ3v) is 16.2. The molecule has 0 spiro atoms. The molecule has 0 N–H and O–H groups in total. The van der Waals surface area contributed by atoms with E-state index >= 15 is 0 Å². The molecule has 342 valence electrons. The van der Waals surface area contributed by atoms with E-state index in [2.05, 4.69) is 262 Å². The molecule has 8 heteroatoms. The van der Waals surface area contributed by atoms with Gasteiger partial charge >= 0.3 is 0 Å². The molecule has 4 aliphatic heterocycles. The maximum Gasteiger partial charge on any atom is 0.256 e. The third kappa shape index (κ3) is 5.25. The normalized spacial score (nSPS) is 13.5. The van der Waals surface area contributed by atoms with Gasteiger partial charge in [0.2, 0.25) is 0 Å². The Bertz CT molecular complexity index is 4230. The van der Waals surface area contributed by atoms with Crippen LogP contribution < -0.4 is 52.1 Å². The van der Waals surface area contributed by atoms with Gasteiger partial charge in [-0.2, -0.15) is 0 Å². The highest BCUT2D eigenvalue weighted by Crippen LogP contribution is 2.52. The van der Waals surface area contributed by atoms with Crippen molar-refractivity contribution in [3.8, 4) is 34.4 Å². The second kappa shape index (κ2) is 14.9. The summed E-state index contributed by atoms with van der Waals surface area (Å²) >= 11 is 0. The van der Waals surface area contributed by atoms with E-state index in [4.69, 9.17) is 9.47 Å². The molecule has 0 fully saturated rings. The molecule has 6 nitrogen and oxygen atoms in total. The van der Waals surface area contributed by atoms with Gasteiger partial charge in [-0.3, -0.25) is 0 Å². The average Bonchev–Trinajstić information content (AvgIpc) is 3.99. The number of hydrogen-bond acceptors (Lipinski definition) is 4. The van der Waals surface area contributed by atoms with Crippen LogP contribution in [0.15, 0.2) is 243 Å². The SMILES string of the molecule is c1ccc(N2c3ccccc3B3c4ccc5c(c4Oc4c3c2cc2c4c3ccccc3n2-c2ccccc2)Oc2c3c(cc4c2c2ccccc2n4-c2ccccc2)N(c2ccccc2)c2ccccc2B53)cc1. The molecule has 17 rings (SSSR count). The van der Waals surface area contributed by atoms with Crippen molar-refractivity contribution in [2.45, 2.75) is 0 Å². The molecule has 6 heterocycles. The first-order valence-electron chi connectivity index (χ1n) is 25.5. The lowest BCUT2D eigenvalue weighted by Crippen LogP contribution is -2.62. The molecule has 11 aromatic carbocycles. The Morgan fingerprint density at radius 3 is 1.04 bits per heavy atom. The standard InChI is InChI=1S/C66H40B2N4O2/c1-5-21-41(22-6-1)69-51-33-17-13-29-45(51)59-55(69)39-57-61-65(59)73-63-49(67(61)47-31-15-19-35-53(47)71(57)43-25-9-3-10-26-43)37-38-50-64(63)74-66-60-46-30-14-18-34-52(46)70(42-23-7-2-8-24-42)56(60)40-58-62(66)68(50)48-32-16-20-36-54(48)72(58)44-27-11-4-12-28-44/h1-40H. The number of ether oxygens (including phenoxy) is 2. The van der Waals surface area contributed by atoms with Crippen molar-refractivity contribution in [3.05, 3.63) is 243 Å². The fourth-order valence-corrected chi connectivity index (χ4v) is 13.3. The quantitative estimate of drug-likeness (QED) is 0.165. The summed E-state index contributed by atoms with van der Waals surface area (Å²) in [7, 11) is 0. The minimum absolute atomic E-state index is 0.169. The zero-order valence-corrected chi connectivity index (χ0v) is 39.9. The van der Waals surface area contributed by atoms with Crippen LogP contribution in [0.5, 0.6) is 23.0 Å². The second-order valence-corrected chi connectivity index (χ2v) is 19.9. The van der Waals surface area contributed by atoms with Crippen molar-refractivity contribution < 1.29 is 9.47 Å². The maximum absolute atomic E-state index is 7.92. The van der Waals surface area contributed by atoms with E-state index in [-0.39, 0.29) is 13.4 Å². The second-order valence-electron chi connectivity index (χ2n) is 19.9. The highest BCUT2D eigenvalue weighted by Gasteiger charge is 2.49. The third-order valence-electron chi connectivity index (χ3n) is 16.2. The Morgan fingerprint density at radius 1 is 0.270 bits per heavy atom. The molecular weight excluding hydrogens is 902 g/mol. The van der Waals surface area contributed by atoms with E-state index in [1.54, 1.807) is 0 Å². The molecule has 74 heavy (non-hydrogen) atoms. The van der Waals surface area contributed by atoms with Crippen molar-refractivity contribution in [2.24, 2.45) is 0 Å². The largest absolute Gasteiger partial charge is 0.454 e. The van der Waals surface area contributed by atoms with Crippen molar-refractivity contribution >= 4 is 124 Å². The van der Waals surface area contributed by atoms with Crippen LogP contribution in [0.1, 0.15) is 0 Å². The number of nitrogens with zero attached hydrogens (tertiary/aromatic N) is 4. The van der Waals surface area contributed by atoms with E-state index in [1.165, 1.54) is 10.9 Å². The molecule has 0 aliphatic carbocycles. The number of hydrogen-bond donors (Lipinski definition) is 0. The first-order chi connectivity index (χ1) is 36.8. The van der Waals surface area contributed by atoms with Crippen molar-refractivity contribution in [1.29, 1.82) is 0 Å². The van der Waals surface area contributed by atoms with Gasteiger partial charge in [-0.25, -0.2) is 0 Å². The number of para-hydroxylation sites is 8. The Kier molecular flexibility index (Phi) is 8.08. The number of aromatic nitrogens is 2. The molecule has 0 saturated carbocycles. The first-order valence-corrected chi connectivity index (χ1v) is 25.5. The smallest absolute Gasteiger partial charge is 0.256 e. The summed E-state index contributed by atoms with van der Waals surface area (Å²) in [6.07, 6.45) is 0. The monoisotopic (exact) mass is 942 g/mol. The van der Waals surface area contributed by atoms with Gasteiger partial charge in [-0.15, -0.1) is 0 Å². The Hall–Kier alpha value is -9.65. The van der Waals surface area contributed by atoms with Gasteiger partial charge in [0.05, 0.1) is 32.8 Å². The molecular formula is C66H40B2N4O2. The predicted octanol–water partition coefficient (Wildman–Crippen LogP) is 12.7. The molecule has 2 aromatic heterocycles. The minimum atomic E-state index is -0.169. The van der Waals surface area contributed by atoms with Gasteiger partial charge in [0.1, 0.15) is 11.5 Å². The summed E-state index contributed by atoms with van der Waals surface area (Å²) in [4.78, 5) is 4.88. The van der Waals surface area contributed by atoms with Gasteiger partial charge in [0, 0.05) is 56.3 Å². The van der Waals surface area contributed by atoms with Crippen LogP contribution in [-0.2, 0) is 0 Å². The summed E-state index contributed by atoms with van der Waals surface area (Å²) in [5, 5.41) is 4.43. The molecule has 13 aromatic rings. The molecule has 4 aliphatic rings. The highest BCUT2D eigenvalue weighted by molar-refractivity contribution is 7.01. The molecule has 0 unspecified atom stereocenters. The Balaban J connectivity index is 1.000. The fourth-order valence-electron chi connectivity index (χ4n) is 13.3. The lowest BCUT2D eigenvalue weighted by Gasteiger charge is -2.43. The van der Waals surface area contributed by atoms with E-state index in [0.29, 0.717) is 0 Å². The van der Waals surface area contributed by atoms with E-state index in [0.717, 1.165) is 134 Å². The summed E-state index contributed by atoms with van der Waals surface area (Å²) in [6.45, 7) is -0.339. The van der Waals surface area contributed by atoms with Gasteiger partial charge in [0.25, 0.3) is 13.4 Å². The van der Waals surface area contributed by atoms with Gasteiger partial charge in [0.15, 0.2) is 11.5 Å². The van der Waals surface area contributed by atoms with Crippen LogP contribution in [0, 0.1) is 0 Å². The summed E-state index contributed by atoms with van der Waals surface area (Å²) in [5.74, 6) is 3.24. The van der Waals surface area contributed by atoms with Gasteiger partial charge in [-0.1, -0.05) is 158 Å². The summed E-state index contributed by atoms with van der Waals surface area (Å²) in [5.41, 5.74) is 20.1. The van der Waals surface area contributed by atoms with Crippen molar-refractivity contribution in [1.82, 2.24) is 9.13 Å². The van der Waals surface area contributed by atoms with Gasteiger partial charge in [-0.05, 0) is 118 Å². The zero-order valence-electron chi connectivity index (χ0n) is 39.9. The van der Waals surface area contributed by atoms with E-state index < -0.39 is 0 Å². The van der Waals surface area contributed by atoms with Crippen LogP contribution in [0.4, 0.5) is 34.1 Å². The van der Waals surface area contributed by atoms with Gasteiger partial charge < -0.3 is 28.4 Å². The van der Waals surface area contributed by atoms with Crippen LogP contribution in [0.25, 0.3) is 55.0 Å². The van der Waals surface area contributed by atoms with Crippen molar-refractivity contribution in [3.63, 3.8) is 0 Å². The van der Waals surface area contributed by atoms with E-state index in [1.807, 2.05) is 0 Å². The molecule has 0 atom stereocenters. The van der Waals surface area contributed by atoms with E-state index in [9.17, 15) is 0 Å². The summed E-state index contributed by atoms with van der Waals surface area (Å²) in [6, 6.07) is 88.0. The number of benzene rings is 11. The minimum Gasteiger partial charge on any atom is -0.454 e. The maximum atomic E-state index is 7.92. The van der Waals surface area contributed by atoms with Crippen LogP contribution in [0.3, 0.4) is 0 Å². The highest BCUT2D eigenvalue weighted by atomic mass is 16.5. The Morgan fingerprint density at radius 2 is 0.622 bits per heavy atom. The van der Waals surface area contributed by atoms with Crippen LogP contribution in [0.2, 0.25) is 0 Å². The predicted molar refractivity (Wildman–Crippen MR) is 307 cm³/mol. The zero-order chi connectivity index (χ0) is 48.2. The molecule has 0 saturated heterocycles. The van der Waals surface area contributed by atoms with Crippen LogP contribution >= 0.6 is 0 Å². The fraction of sp³-hybridized carbons (Fsp3) is 0. The number of rotatable bonds is 4. The Labute approximate surface area is 427 Å². The summed E-state index contributed by atoms with van der Waals surface area (Å²) < 4.78 is 20.7. The first kappa shape index (κ1) is 40.0.